The summed E-state index contributed by atoms with van der Waals surface area (Å²) in [6.45, 7) is 0.977. The van der Waals surface area contributed by atoms with Crippen LogP contribution in [0.5, 0.6) is 0 Å². The van der Waals surface area contributed by atoms with Gasteiger partial charge in [-0.15, -0.1) is 11.3 Å². The molecule has 0 aliphatic carbocycles. The summed E-state index contributed by atoms with van der Waals surface area (Å²) in [6, 6.07) is 10.8. The molecule has 1 amide bonds. The summed E-state index contributed by atoms with van der Waals surface area (Å²) in [4.78, 5) is 15.1. The van der Waals surface area contributed by atoms with Crippen LogP contribution in [0.2, 0.25) is 5.02 Å². The van der Waals surface area contributed by atoms with Crippen LogP contribution in [-0.4, -0.2) is 24.4 Å². The van der Waals surface area contributed by atoms with Crippen LogP contribution in [0.25, 0.3) is 0 Å². The largest absolute Gasteiger partial charge is 0.325 e. The number of carbonyl (C=O) groups excluding carboxylic acids is 1. The zero-order chi connectivity index (χ0) is 16.1. The number of hydrogen-bond acceptors (Lipinski definition) is 4. The van der Waals surface area contributed by atoms with Crippen molar-refractivity contribution in [3.8, 4) is 6.07 Å². The lowest BCUT2D eigenvalue weighted by Gasteiger charge is -2.15. The highest BCUT2D eigenvalue weighted by Gasteiger charge is 2.10. The van der Waals surface area contributed by atoms with Gasteiger partial charge in [0, 0.05) is 17.1 Å². The first-order valence-corrected chi connectivity index (χ1v) is 8.39. The molecule has 0 radical (unpaired) electrons. The van der Waals surface area contributed by atoms with Gasteiger partial charge in [-0.05, 0) is 53.3 Å². The standard InChI is InChI=1S/C15H13BrClN3OS/c1-20(8-12-4-5-14(16)22-12)9-15(21)19-11-3-2-10(7-18)13(17)6-11/h2-6H,8-9H2,1H3,(H,19,21). The number of anilines is 1. The van der Waals surface area contributed by atoms with Crippen LogP contribution in [0.15, 0.2) is 34.1 Å². The lowest BCUT2D eigenvalue weighted by atomic mass is 10.2. The molecule has 0 saturated heterocycles. The van der Waals surface area contributed by atoms with Gasteiger partial charge in [0.15, 0.2) is 0 Å². The molecule has 1 aromatic carbocycles. The van der Waals surface area contributed by atoms with E-state index in [1.165, 1.54) is 4.88 Å². The highest BCUT2D eigenvalue weighted by molar-refractivity contribution is 9.11. The van der Waals surface area contributed by atoms with E-state index in [1.807, 2.05) is 30.1 Å². The number of carbonyl (C=O) groups is 1. The third-order valence-corrected chi connectivity index (χ3v) is 4.76. The maximum absolute atomic E-state index is 12.0. The fourth-order valence-electron chi connectivity index (χ4n) is 1.89. The quantitative estimate of drug-likeness (QED) is 0.824. The number of nitriles is 1. The molecule has 1 heterocycles. The van der Waals surface area contributed by atoms with Crippen molar-refractivity contribution < 1.29 is 4.79 Å². The second-order valence-electron chi connectivity index (χ2n) is 4.73. The molecule has 2 rings (SSSR count). The molecule has 0 atom stereocenters. The monoisotopic (exact) mass is 397 g/mol. The minimum Gasteiger partial charge on any atom is -0.325 e. The number of benzene rings is 1. The number of rotatable bonds is 5. The first kappa shape index (κ1) is 17.0. The molecule has 22 heavy (non-hydrogen) atoms. The van der Waals surface area contributed by atoms with Crippen molar-refractivity contribution in [2.45, 2.75) is 6.54 Å². The SMILES string of the molecule is CN(CC(=O)Nc1ccc(C#N)c(Cl)c1)Cc1ccc(Br)s1. The van der Waals surface area contributed by atoms with E-state index in [4.69, 9.17) is 16.9 Å². The molecule has 0 bridgehead atoms. The van der Waals surface area contributed by atoms with E-state index >= 15 is 0 Å². The zero-order valence-corrected chi connectivity index (χ0v) is 14.9. The second kappa shape index (κ2) is 7.75. The molecule has 0 saturated carbocycles. The summed E-state index contributed by atoms with van der Waals surface area (Å²) < 4.78 is 1.08. The maximum Gasteiger partial charge on any atom is 0.238 e. The lowest BCUT2D eigenvalue weighted by Crippen LogP contribution is -2.29. The van der Waals surface area contributed by atoms with E-state index in [2.05, 4.69) is 21.2 Å². The Kier molecular flexibility index (Phi) is 5.98. The third kappa shape index (κ3) is 4.82. The molecule has 4 nitrogen and oxygen atoms in total. The first-order chi connectivity index (χ1) is 10.5. The van der Waals surface area contributed by atoms with E-state index in [0.29, 0.717) is 22.8 Å². The van der Waals surface area contributed by atoms with Crippen LogP contribution in [0.1, 0.15) is 10.4 Å². The third-order valence-electron chi connectivity index (χ3n) is 2.84. The van der Waals surface area contributed by atoms with Gasteiger partial charge in [-0.25, -0.2) is 0 Å². The van der Waals surface area contributed by atoms with E-state index in [-0.39, 0.29) is 12.5 Å². The normalized spacial score (nSPS) is 10.5. The van der Waals surface area contributed by atoms with Gasteiger partial charge in [-0.3, -0.25) is 9.69 Å². The molecule has 2 aromatic rings. The summed E-state index contributed by atoms with van der Waals surface area (Å²) in [5, 5.41) is 11.9. The molecular weight excluding hydrogens is 386 g/mol. The molecule has 0 aliphatic rings. The minimum absolute atomic E-state index is 0.126. The average Bonchev–Trinajstić information content (AvgIpc) is 2.83. The predicted molar refractivity (Wildman–Crippen MR) is 93.1 cm³/mol. The Hall–Kier alpha value is -1.39. The second-order valence-corrected chi connectivity index (χ2v) is 7.69. The Morgan fingerprint density at radius 2 is 2.23 bits per heavy atom. The summed E-state index contributed by atoms with van der Waals surface area (Å²) in [5.74, 6) is -0.126. The molecular formula is C15H13BrClN3OS. The Balaban J connectivity index is 1.89. The molecule has 7 heteroatoms. The number of likely N-dealkylation sites (N-methyl/N-ethyl adjacent to an activating group) is 1. The Labute approximate surface area is 146 Å². The van der Waals surface area contributed by atoms with Crippen molar-refractivity contribution in [3.05, 3.63) is 49.6 Å². The van der Waals surface area contributed by atoms with Crippen LogP contribution in [0.4, 0.5) is 5.69 Å². The minimum atomic E-state index is -0.126. The fourth-order valence-corrected chi connectivity index (χ4v) is 3.67. The van der Waals surface area contributed by atoms with Crippen molar-refractivity contribution in [2.24, 2.45) is 0 Å². The van der Waals surface area contributed by atoms with Crippen LogP contribution >= 0.6 is 38.9 Å². The van der Waals surface area contributed by atoms with Crippen molar-refractivity contribution in [3.63, 3.8) is 0 Å². The average molecular weight is 399 g/mol. The van der Waals surface area contributed by atoms with Crippen molar-refractivity contribution in [2.75, 3.05) is 18.9 Å². The highest BCUT2D eigenvalue weighted by Crippen LogP contribution is 2.23. The lowest BCUT2D eigenvalue weighted by molar-refractivity contribution is -0.117. The number of nitrogens with zero attached hydrogens (tertiary/aromatic N) is 2. The van der Waals surface area contributed by atoms with Crippen molar-refractivity contribution in [1.82, 2.24) is 4.90 Å². The molecule has 0 unspecified atom stereocenters. The van der Waals surface area contributed by atoms with Gasteiger partial charge >= 0.3 is 0 Å². The van der Waals surface area contributed by atoms with E-state index < -0.39 is 0 Å². The van der Waals surface area contributed by atoms with Crippen LogP contribution < -0.4 is 5.32 Å². The van der Waals surface area contributed by atoms with Gasteiger partial charge in [-0.2, -0.15) is 5.26 Å². The zero-order valence-electron chi connectivity index (χ0n) is 11.8. The van der Waals surface area contributed by atoms with Gasteiger partial charge in [-0.1, -0.05) is 11.6 Å². The van der Waals surface area contributed by atoms with Crippen molar-refractivity contribution in [1.29, 1.82) is 5.26 Å². The summed E-state index contributed by atoms with van der Waals surface area (Å²) in [5.41, 5.74) is 0.973. The number of thiophene rings is 1. The maximum atomic E-state index is 12.0. The number of amides is 1. The molecule has 0 aliphatic heterocycles. The number of halogens is 2. The number of hydrogen-bond donors (Lipinski definition) is 1. The number of nitrogens with one attached hydrogen (secondary N) is 1. The Morgan fingerprint density at radius 1 is 1.45 bits per heavy atom. The molecule has 1 aromatic heterocycles. The summed E-state index contributed by atoms with van der Waals surface area (Å²) >= 11 is 11.0. The van der Waals surface area contributed by atoms with Crippen LogP contribution in [0.3, 0.4) is 0 Å². The van der Waals surface area contributed by atoms with Crippen molar-refractivity contribution >= 4 is 50.5 Å². The topological polar surface area (TPSA) is 56.1 Å². The molecule has 0 fully saturated rings. The van der Waals surface area contributed by atoms with E-state index in [9.17, 15) is 4.79 Å². The van der Waals surface area contributed by atoms with Crippen LogP contribution in [0, 0.1) is 11.3 Å². The predicted octanol–water partition coefficient (Wildman–Crippen LogP) is 4.11. The van der Waals surface area contributed by atoms with Gasteiger partial charge in [0.1, 0.15) is 6.07 Å². The highest BCUT2D eigenvalue weighted by atomic mass is 79.9. The van der Waals surface area contributed by atoms with E-state index in [0.717, 1.165) is 3.79 Å². The van der Waals surface area contributed by atoms with Gasteiger partial charge < -0.3 is 5.32 Å². The summed E-state index contributed by atoms with van der Waals surface area (Å²) in [6.07, 6.45) is 0. The smallest absolute Gasteiger partial charge is 0.238 e. The van der Waals surface area contributed by atoms with Gasteiger partial charge in [0.2, 0.25) is 5.91 Å². The molecule has 114 valence electrons. The molecule has 0 spiro atoms. The first-order valence-electron chi connectivity index (χ1n) is 6.40. The Morgan fingerprint density at radius 3 is 2.82 bits per heavy atom. The molecule has 1 N–H and O–H groups in total. The van der Waals surface area contributed by atoms with Gasteiger partial charge in [0.25, 0.3) is 0 Å². The van der Waals surface area contributed by atoms with Gasteiger partial charge in [0.05, 0.1) is 20.9 Å². The van der Waals surface area contributed by atoms with E-state index in [1.54, 1.807) is 29.5 Å². The Bertz CT molecular complexity index is 726. The summed E-state index contributed by atoms with van der Waals surface area (Å²) in [7, 11) is 1.89. The van der Waals surface area contributed by atoms with Crippen LogP contribution in [-0.2, 0) is 11.3 Å². The fraction of sp³-hybridized carbons (Fsp3) is 0.200.